The van der Waals surface area contributed by atoms with E-state index in [4.69, 9.17) is 0 Å². The van der Waals surface area contributed by atoms with Crippen LogP contribution in [0.1, 0.15) is 64.2 Å². The summed E-state index contributed by atoms with van der Waals surface area (Å²) in [5.74, 6) is 0. The summed E-state index contributed by atoms with van der Waals surface area (Å²) in [4.78, 5) is 0. The largest absolute Gasteiger partial charge is 0.182 e. The zero-order chi connectivity index (χ0) is 9.80. The van der Waals surface area contributed by atoms with Gasteiger partial charge in [-0.3, -0.25) is 0 Å². The minimum Gasteiger partial charge on any atom is -0.182 e. The summed E-state index contributed by atoms with van der Waals surface area (Å²) in [5, 5.41) is 0. The van der Waals surface area contributed by atoms with E-state index in [0.717, 1.165) is 12.1 Å². The topological polar surface area (TPSA) is 3.24 Å². The van der Waals surface area contributed by atoms with Crippen LogP contribution in [0.5, 0.6) is 0 Å². The number of rotatable bonds is 2. The molecular formula is C12H25NP+. The van der Waals surface area contributed by atoms with E-state index in [1.807, 2.05) is 0 Å². The van der Waals surface area contributed by atoms with E-state index in [2.05, 4.69) is 14.1 Å². The Morgan fingerprint density at radius 2 is 1.00 bits per heavy atom. The molecule has 1 nitrogen and oxygen atoms in total. The molecule has 2 rings (SSSR count). The van der Waals surface area contributed by atoms with Gasteiger partial charge in [-0.1, -0.05) is 38.5 Å². The van der Waals surface area contributed by atoms with Crippen molar-refractivity contribution in [2.75, 3.05) is 0 Å². The van der Waals surface area contributed by atoms with Gasteiger partial charge >= 0.3 is 0 Å². The normalized spacial score (nSPS) is 27.2. The van der Waals surface area contributed by atoms with Crippen molar-refractivity contribution in [3.8, 4) is 0 Å². The molecule has 0 radical (unpaired) electrons. The lowest BCUT2D eigenvalue weighted by atomic mass is 9.91. The third kappa shape index (κ3) is 2.70. The fourth-order valence-electron chi connectivity index (χ4n) is 3.12. The summed E-state index contributed by atoms with van der Waals surface area (Å²) < 4.78 is 2.75. The molecule has 0 amide bonds. The van der Waals surface area contributed by atoms with E-state index in [9.17, 15) is 0 Å². The standard InChI is InChI=1S/C12H24NP/c14-13(11-7-3-1-4-8-11)12-9-5-2-6-10-12/h11-12H,1-10,14H2/p+1. The Hall–Kier alpha value is 0.390. The lowest BCUT2D eigenvalue weighted by Gasteiger charge is -2.34. The average molecular weight is 214 g/mol. The van der Waals surface area contributed by atoms with E-state index in [-0.39, 0.29) is 0 Å². The summed E-state index contributed by atoms with van der Waals surface area (Å²) in [6, 6.07) is 1.87. The second-order valence-electron chi connectivity index (χ2n) is 5.10. The van der Waals surface area contributed by atoms with Crippen molar-refractivity contribution in [3.63, 3.8) is 0 Å². The fourth-order valence-corrected chi connectivity index (χ4v) is 3.85. The third-order valence-corrected chi connectivity index (χ3v) is 5.12. The highest BCUT2D eigenvalue weighted by Gasteiger charge is 2.28. The van der Waals surface area contributed by atoms with Crippen LogP contribution < -0.4 is 0 Å². The first-order chi connectivity index (χ1) is 6.88. The Morgan fingerprint density at radius 3 is 1.36 bits per heavy atom. The number of nitrogens with zero attached hydrogens (tertiary/aromatic N) is 1. The van der Waals surface area contributed by atoms with Crippen molar-refractivity contribution in [2.24, 2.45) is 0 Å². The molecule has 2 saturated carbocycles. The summed E-state index contributed by atoms with van der Waals surface area (Å²) >= 11 is 0. The Morgan fingerprint density at radius 1 is 0.643 bits per heavy atom. The van der Waals surface area contributed by atoms with Gasteiger partial charge in [-0.15, -0.1) is 0 Å². The molecule has 0 saturated heterocycles. The zero-order valence-corrected chi connectivity index (χ0v) is 10.8. The van der Waals surface area contributed by atoms with E-state index in [1.165, 1.54) is 64.2 Å². The van der Waals surface area contributed by atoms with Gasteiger partial charge in [0.1, 0.15) is 0 Å². The van der Waals surface area contributed by atoms with Crippen LogP contribution in [0, 0.1) is 0 Å². The van der Waals surface area contributed by atoms with Gasteiger partial charge in [0.25, 0.3) is 0 Å². The highest BCUT2D eigenvalue weighted by molar-refractivity contribution is 7.13. The van der Waals surface area contributed by atoms with Crippen LogP contribution in [-0.4, -0.2) is 16.8 Å². The molecule has 1 atom stereocenters. The fraction of sp³-hybridized carbons (Fsp3) is 1.00. The molecular weight excluding hydrogens is 189 g/mol. The van der Waals surface area contributed by atoms with E-state index in [1.54, 1.807) is 0 Å². The van der Waals surface area contributed by atoms with Crippen molar-refractivity contribution in [1.29, 1.82) is 0 Å². The molecule has 14 heavy (non-hydrogen) atoms. The van der Waals surface area contributed by atoms with Gasteiger partial charge < -0.3 is 0 Å². The highest BCUT2D eigenvalue weighted by Crippen LogP contribution is 2.32. The molecule has 0 bridgehead atoms. The molecule has 0 N–H and O–H groups in total. The van der Waals surface area contributed by atoms with Gasteiger partial charge in [0.05, 0.1) is 0 Å². The van der Waals surface area contributed by atoms with E-state index < -0.39 is 0 Å². The SMILES string of the molecule is [PH3+]N(C1CCCCC1)C1CCCCC1. The van der Waals surface area contributed by atoms with E-state index in [0.29, 0.717) is 0 Å². The summed E-state index contributed by atoms with van der Waals surface area (Å²) in [5.41, 5.74) is 0. The van der Waals surface area contributed by atoms with Crippen LogP contribution in [0.3, 0.4) is 0 Å². The molecule has 2 aliphatic rings. The maximum atomic E-state index is 2.75. The lowest BCUT2D eigenvalue weighted by Crippen LogP contribution is -2.38. The van der Waals surface area contributed by atoms with Crippen molar-refractivity contribution in [3.05, 3.63) is 0 Å². The van der Waals surface area contributed by atoms with E-state index >= 15 is 0 Å². The molecule has 2 fully saturated rings. The third-order valence-electron chi connectivity index (χ3n) is 4.09. The van der Waals surface area contributed by atoms with Crippen LogP contribution in [0.15, 0.2) is 0 Å². The zero-order valence-electron chi connectivity index (χ0n) is 9.38. The van der Waals surface area contributed by atoms with Crippen LogP contribution in [0.2, 0.25) is 0 Å². The minimum absolute atomic E-state index is 0.935. The molecule has 0 aliphatic heterocycles. The predicted octanol–water partition coefficient (Wildman–Crippen LogP) is 3.48. The molecule has 0 heterocycles. The first kappa shape index (κ1) is 10.9. The Labute approximate surface area is 90.9 Å². The van der Waals surface area contributed by atoms with Gasteiger partial charge in [-0.05, 0) is 25.7 Å². The predicted molar refractivity (Wildman–Crippen MR) is 66.7 cm³/mol. The van der Waals surface area contributed by atoms with Crippen LogP contribution >= 0.6 is 9.39 Å². The lowest BCUT2D eigenvalue weighted by molar-refractivity contribution is 0.183. The first-order valence-corrected chi connectivity index (χ1v) is 7.10. The number of hydrogen-bond acceptors (Lipinski definition) is 1. The molecule has 1 unspecified atom stereocenters. The van der Waals surface area contributed by atoms with Gasteiger partial charge in [-0.2, -0.15) is 4.67 Å². The van der Waals surface area contributed by atoms with Crippen molar-refractivity contribution in [1.82, 2.24) is 4.67 Å². The molecule has 0 aromatic carbocycles. The minimum atomic E-state index is 0.935. The molecule has 0 aromatic rings. The van der Waals surface area contributed by atoms with Crippen LogP contribution in [-0.2, 0) is 0 Å². The van der Waals surface area contributed by atoms with Crippen molar-refractivity contribution < 1.29 is 0 Å². The van der Waals surface area contributed by atoms with Crippen molar-refractivity contribution in [2.45, 2.75) is 76.3 Å². The molecule has 0 aromatic heterocycles. The van der Waals surface area contributed by atoms with Gasteiger partial charge in [0.15, 0.2) is 0 Å². The molecule has 82 valence electrons. The average Bonchev–Trinajstić information content (AvgIpc) is 2.30. The maximum Gasteiger partial charge on any atom is 0.0440 e. The second-order valence-corrected chi connectivity index (χ2v) is 5.83. The van der Waals surface area contributed by atoms with Crippen LogP contribution in [0.4, 0.5) is 0 Å². The summed E-state index contributed by atoms with van der Waals surface area (Å²) in [6.45, 7) is 0. The quantitative estimate of drug-likeness (QED) is 0.636. The Bertz CT molecular complexity index is 142. The summed E-state index contributed by atoms with van der Waals surface area (Å²) in [6.07, 6.45) is 14.8. The highest BCUT2D eigenvalue weighted by atomic mass is 31.0. The number of hydrogen-bond donors (Lipinski definition) is 0. The first-order valence-electron chi connectivity index (χ1n) is 6.47. The van der Waals surface area contributed by atoms with Crippen molar-refractivity contribution >= 4 is 9.39 Å². The van der Waals surface area contributed by atoms with Crippen LogP contribution in [0.25, 0.3) is 0 Å². The molecule has 0 spiro atoms. The maximum absolute atomic E-state index is 2.75. The Kier molecular flexibility index (Phi) is 4.25. The molecule has 2 heteroatoms. The van der Waals surface area contributed by atoms with Gasteiger partial charge in [0.2, 0.25) is 0 Å². The Balaban J connectivity index is 1.82. The second kappa shape index (κ2) is 5.47. The summed E-state index contributed by atoms with van der Waals surface area (Å²) in [7, 11) is 2.17. The van der Waals surface area contributed by atoms with Gasteiger partial charge in [-0.25, -0.2) is 0 Å². The molecule has 2 aliphatic carbocycles. The smallest absolute Gasteiger partial charge is 0.0440 e. The monoisotopic (exact) mass is 214 g/mol. The van der Waals surface area contributed by atoms with Gasteiger partial charge in [0, 0.05) is 21.5 Å².